The molecule has 1 aromatic rings. The third-order valence-electron chi connectivity index (χ3n) is 1.79. The lowest BCUT2D eigenvalue weighted by Crippen LogP contribution is -2.25. The topological polar surface area (TPSA) is 36.0 Å². The fraction of sp³-hybridized carbons (Fsp3) is 0.571. The molecule has 0 bridgehead atoms. The van der Waals surface area contributed by atoms with Crippen LogP contribution in [0.4, 0.5) is 4.39 Å². The Morgan fingerprint density at radius 2 is 2.50 bits per heavy atom. The second-order valence-electron chi connectivity index (χ2n) is 2.56. The summed E-state index contributed by atoms with van der Waals surface area (Å²) < 4.78 is 13.0. The van der Waals surface area contributed by atoms with Crippen molar-refractivity contribution in [1.29, 1.82) is 0 Å². The number of thiazole rings is 1. The lowest BCUT2D eigenvalue weighted by Gasteiger charge is -2.20. The smallest absolute Gasteiger partial charge is 0.158 e. The summed E-state index contributed by atoms with van der Waals surface area (Å²) in [7, 11) is 0. The lowest BCUT2D eigenvalue weighted by molar-refractivity contribution is 0.0106. The number of hydrogen-bond acceptors (Lipinski definition) is 3. The minimum Gasteiger partial charge on any atom is -0.382 e. The van der Waals surface area contributed by atoms with Crippen LogP contribution < -0.4 is 0 Å². The van der Waals surface area contributed by atoms with Gasteiger partial charge in [0.05, 0.1) is 4.88 Å². The van der Waals surface area contributed by atoms with Crippen molar-refractivity contribution >= 4 is 23.6 Å². The highest BCUT2D eigenvalue weighted by atomic mass is 32.1. The normalized spacial score (nSPS) is 15.9. The van der Waals surface area contributed by atoms with Crippen molar-refractivity contribution in [3.8, 4) is 0 Å². The van der Waals surface area contributed by atoms with Crippen LogP contribution in [-0.2, 0) is 5.60 Å². The lowest BCUT2D eigenvalue weighted by atomic mass is 10.0. The number of H-pyrrole nitrogens is 1. The third-order valence-corrected chi connectivity index (χ3v) is 3.18. The van der Waals surface area contributed by atoms with Crippen molar-refractivity contribution in [3.63, 3.8) is 0 Å². The summed E-state index contributed by atoms with van der Waals surface area (Å²) in [4.78, 5) is 3.32. The Labute approximate surface area is 79.1 Å². The largest absolute Gasteiger partial charge is 0.382 e. The Hall–Kier alpha value is -0.260. The molecule has 0 aliphatic rings. The van der Waals surface area contributed by atoms with Crippen molar-refractivity contribution in [2.24, 2.45) is 0 Å². The maximum Gasteiger partial charge on any atom is 0.158 e. The molecule has 0 radical (unpaired) electrons. The Morgan fingerprint density at radius 1 is 1.83 bits per heavy atom. The zero-order valence-corrected chi connectivity index (χ0v) is 8.27. The van der Waals surface area contributed by atoms with Crippen LogP contribution in [0.2, 0.25) is 0 Å². The van der Waals surface area contributed by atoms with E-state index in [-0.39, 0.29) is 0 Å². The van der Waals surface area contributed by atoms with Gasteiger partial charge in [0.1, 0.15) is 12.3 Å². The first-order valence-corrected chi connectivity index (χ1v) is 4.82. The van der Waals surface area contributed by atoms with Crippen molar-refractivity contribution in [1.82, 2.24) is 4.98 Å². The van der Waals surface area contributed by atoms with E-state index in [0.29, 0.717) is 15.3 Å². The predicted octanol–water partition coefficient (Wildman–Crippen LogP) is 2.37. The summed E-state index contributed by atoms with van der Waals surface area (Å²) >= 11 is 6.04. The molecule has 0 aromatic carbocycles. The Morgan fingerprint density at radius 3 is 2.83 bits per heavy atom. The number of rotatable bonds is 3. The molecule has 1 aromatic heterocycles. The van der Waals surface area contributed by atoms with E-state index in [9.17, 15) is 9.50 Å². The van der Waals surface area contributed by atoms with E-state index >= 15 is 0 Å². The van der Waals surface area contributed by atoms with Crippen molar-refractivity contribution < 1.29 is 9.50 Å². The van der Waals surface area contributed by atoms with Gasteiger partial charge < -0.3 is 10.1 Å². The van der Waals surface area contributed by atoms with E-state index in [4.69, 9.17) is 12.2 Å². The third kappa shape index (κ3) is 1.73. The van der Waals surface area contributed by atoms with Gasteiger partial charge in [-0.3, -0.25) is 0 Å². The van der Waals surface area contributed by atoms with Gasteiger partial charge in [-0.2, -0.15) is 0 Å². The first kappa shape index (κ1) is 9.83. The van der Waals surface area contributed by atoms with E-state index in [1.807, 2.05) is 0 Å². The van der Waals surface area contributed by atoms with Gasteiger partial charge in [0.25, 0.3) is 0 Å². The van der Waals surface area contributed by atoms with Gasteiger partial charge >= 0.3 is 0 Å². The van der Waals surface area contributed by atoms with Crippen LogP contribution in [0, 0.1) is 3.95 Å². The van der Waals surface area contributed by atoms with E-state index in [2.05, 4.69) is 4.98 Å². The molecule has 0 fully saturated rings. The molecule has 0 spiro atoms. The molecule has 68 valence electrons. The molecule has 1 atom stereocenters. The monoisotopic (exact) mass is 207 g/mol. The van der Waals surface area contributed by atoms with Crippen molar-refractivity contribution in [2.75, 3.05) is 6.67 Å². The summed E-state index contributed by atoms with van der Waals surface area (Å²) in [5, 5.41) is 9.68. The van der Waals surface area contributed by atoms with Crippen LogP contribution in [0.25, 0.3) is 0 Å². The van der Waals surface area contributed by atoms with Gasteiger partial charge in [-0.15, -0.1) is 11.3 Å². The first-order chi connectivity index (χ1) is 5.62. The molecule has 2 N–H and O–H groups in total. The SMILES string of the molecule is CCC(O)(CF)c1c[nH]c(=S)s1. The number of nitrogens with one attached hydrogen (secondary N) is 1. The molecule has 5 heteroatoms. The highest BCUT2D eigenvalue weighted by Crippen LogP contribution is 2.28. The molecule has 1 rings (SSSR count). The Kier molecular flexibility index (Phi) is 2.98. The quantitative estimate of drug-likeness (QED) is 0.746. The second kappa shape index (κ2) is 3.64. The molecule has 1 heterocycles. The fourth-order valence-corrected chi connectivity index (χ4v) is 2.00. The molecular weight excluding hydrogens is 197 g/mol. The maximum atomic E-state index is 12.4. The average Bonchev–Trinajstić information content (AvgIpc) is 2.51. The summed E-state index contributed by atoms with van der Waals surface area (Å²) in [5.74, 6) is 0. The molecule has 0 aliphatic carbocycles. The van der Waals surface area contributed by atoms with Crippen LogP contribution in [0.5, 0.6) is 0 Å². The summed E-state index contributed by atoms with van der Waals surface area (Å²) in [5.41, 5.74) is -1.35. The van der Waals surface area contributed by atoms with Crippen LogP contribution in [0.15, 0.2) is 6.20 Å². The highest BCUT2D eigenvalue weighted by Gasteiger charge is 2.28. The van der Waals surface area contributed by atoms with Gasteiger partial charge in [-0.05, 0) is 18.6 Å². The average molecular weight is 207 g/mol. The van der Waals surface area contributed by atoms with Gasteiger partial charge in [0, 0.05) is 6.20 Å². The molecule has 0 aliphatic heterocycles. The summed E-state index contributed by atoms with van der Waals surface area (Å²) in [6.45, 7) is 0.967. The standard InChI is InChI=1S/C7H10FNOS2/c1-2-7(10,4-8)5-3-9-6(11)12-5/h3,10H,2,4H2,1H3,(H,9,11). The minimum absolute atomic E-state index is 0.354. The van der Waals surface area contributed by atoms with Crippen LogP contribution in [0.3, 0.4) is 0 Å². The molecule has 0 amide bonds. The molecule has 0 saturated carbocycles. The highest BCUT2D eigenvalue weighted by molar-refractivity contribution is 7.73. The van der Waals surface area contributed by atoms with Crippen LogP contribution >= 0.6 is 23.6 Å². The summed E-state index contributed by atoms with van der Waals surface area (Å²) in [6, 6.07) is 0. The number of aromatic amines is 1. The predicted molar refractivity (Wildman–Crippen MR) is 49.7 cm³/mol. The number of hydrogen-bond donors (Lipinski definition) is 2. The first-order valence-electron chi connectivity index (χ1n) is 3.59. The van der Waals surface area contributed by atoms with Gasteiger partial charge in [-0.25, -0.2) is 4.39 Å². The van der Waals surface area contributed by atoms with E-state index in [1.165, 1.54) is 11.3 Å². The number of aromatic nitrogens is 1. The summed E-state index contributed by atoms with van der Waals surface area (Å²) in [6.07, 6.45) is 1.92. The molecule has 12 heavy (non-hydrogen) atoms. The van der Waals surface area contributed by atoms with Gasteiger partial charge in [0.15, 0.2) is 3.95 Å². The zero-order chi connectivity index (χ0) is 9.19. The second-order valence-corrected chi connectivity index (χ2v) is 4.28. The van der Waals surface area contributed by atoms with Crippen molar-refractivity contribution in [2.45, 2.75) is 18.9 Å². The van der Waals surface area contributed by atoms with Gasteiger partial charge in [0.2, 0.25) is 0 Å². The number of halogens is 1. The maximum absolute atomic E-state index is 12.4. The van der Waals surface area contributed by atoms with Gasteiger partial charge in [-0.1, -0.05) is 6.92 Å². The molecule has 1 unspecified atom stereocenters. The van der Waals surface area contributed by atoms with E-state index in [0.717, 1.165) is 0 Å². The number of aliphatic hydroxyl groups is 1. The Bertz CT molecular complexity index is 302. The van der Waals surface area contributed by atoms with Crippen molar-refractivity contribution in [3.05, 3.63) is 15.0 Å². The number of alkyl halides is 1. The zero-order valence-electron chi connectivity index (χ0n) is 6.63. The minimum atomic E-state index is -1.35. The molecule has 2 nitrogen and oxygen atoms in total. The Balaban J connectivity index is 3.02. The van der Waals surface area contributed by atoms with E-state index < -0.39 is 12.3 Å². The molecular formula is C7H10FNOS2. The fourth-order valence-electron chi connectivity index (χ4n) is 0.847. The molecule has 0 saturated heterocycles. The van der Waals surface area contributed by atoms with Crippen LogP contribution in [0.1, 0.15) is 18.2 Å². The van der Waals surface area contributed by atoms with Crippen LogP contribution in [-0.4, -0.2) is 16.8 Å². The van der Waals surface area contributed by atoms with E-state index in [1.54, 1.807) is 13.1 Å².